The van der Waals surface area contributed by atoms with Crippen LogP contribution in [0.1, 0.15) is 27.7 Å². The normalized spacial score (nSPS) is 12.6. The molecule has 3 nitrogen and oxygen atoms in total. The lowest BCUT2D eigenvalue weighted by molar-refractivity contribution is 0.115. The lowest BCUT2D eigenvalue weighted by atomic mass is 10.1. The first-order valence-electron chi connectivity index (χ1n) is 5.23. The Morgan fingerprint density at radius 2 is 2.00 bits per heavy atom. The maximum absolute atomic E-state index is 5.39. The summed E-state index contributed by atoms with van der Waals surface area (Å²) >= 11 is 5.12. The molecule has 4 heteroatoms. The zero-order valence-corrected chi connectivity index (χ0v) is 10.4. The highest BCUT2D eigenvalue weighted by atomic mass is 32.1. The quantitative estimate of drug-likeness (QED) is 0.663. The van der Waals surface area contributed by atoms with Gasteiger partial charge in [0.15, 0.2) is 5.11 Å². The van der Waals surface area contributed by atoms with Gasteiger partial charge in [0.1, 0.15) is 0 Å². The summed E-state index contributed by atoms with van der Waals surface area (Å²) in [5.74, 6) is 0.512. The molecule has 0 aromatic rings. The molecule has 1 unspecified atom stereocenters. The van der Waals surface area contributed by atoms with Gasteiger partial charge < -0.3 is 15.4 Å². The van der Waals surface area contributed by atoms with Crippen LogP contribution in [0.5, 0.6) is 0 Å². The second-order valence-electron chi connectivity index (χ2n) is 3.51. The fourth-order valence-electron chi connectivity index (χ4n) is 1.03. The summed E-state index contributed by atoms with van der Waals surface area (Å²) in [7, 11) is 0. The molecule has 0 spiro atoms. The van der Waals surface area contributed by atoms with Crippen molar-refractivity contribution in [3.8, 4) is 0 Å². The van der Waals surface area contributed by atoms with Crippen molar-refractivity contribution in [2.75, 3.05) is 19.8 Å². The minimum atomic E-state index is 0.293. The SMILES string of the molecule is CCNC(=S)NC(COCC)C(C)C. The Bertz CT molecular complexity index is 162. The fourth-order valence-corrected chi connectivity index (χ4v) is 1.32. The van der Waals surface area contributed by atoms with Gasteiger partial charge in [-0.3, -0.25) is 0 Å². The molecule has 1 atom stereocenters. The third kappa shape index (κ3) is 6.16. The number of hydrogen-bond donors (Lipinski definition) is 2. The molecular weight excluding hydrogens is 196 g/mol. The molecule has 0 aromatic heterocycles. The van der Waals surface area contributed by atoms with Crippen LogP contribution in [0.15, 0.2) is 0 Å². The maximum Gasteiger partial charge on any atom is 0.166 e. The van der Waals surface area contributed by atoms with E-state index in [2.05, 4.69) is 24.5 Å². The summed E-state index contributed by atoms with van der Waals surface area (Å²) in [6, 6.07) is 0.293. The van der Waals surface area contributed by atoms with E-state index in [0.717, 1.165) is 13.2 Å². The van der Waals surface area contributed by atoms with Crippen LogP contribution in [-0.2, 0) is 4.74 Å². The summed E-state index contributed by atoms with van der Waals surface area (Å²) in [6.07, 6.45) is 0. The molecule has 0 aliphatic heterocycles. The fraction of sp³-hybridized carbons (Fsp3) is 0.900. The molecular formula is C10H22N2OS. The summed E-state index contributed by atoms with van der Waals surface area (Å²) in [5, 5.41) is 7.03. The van der Waals surface area contributed by atoms with Crippen LogP contribution in [0.2, 0.25) is 0 Å². The molecule has 0 rings (SSSR count). The van der Waals surface area contributed by atoms with Gasteiger partial charge in [0.2, 0.25) is 0 Å². The van der Waals surface area contributed by atoms with Gasteiger partial charge in [-0.15, -0.1) is 0 Å². The van der Waals surface area contributed by atoms with E-state index in [-0.39, 0.29) is 0 Å². The van der Waals surface area contributed by atoms with Crippen molar-refractivity contribution in [2.24, 2.45) is 5.92 Å². The highest BCUT2D eigenvalue weighted by Gasteiger charge is 2.13. The number of rotatable bonds is 6. The lowest BCUT2D eigenvalue weighted by Crippen LogP contribution is -2.46. The molecule has 0 radical (unpaired) electrons. The van der Waals surface area contributed by atoms with Crippen molar-refractivity contribution in [3.63, 3.8) is 0 Å². The van der Waals surface area contributed by atoms with E-state index in [4.69, 9.17) is 17.0 Å². The van der Waals surface area contributed by atoms with Crippen molar-refractivity contribution in [3.05, 3.63) is 0 Å². The Morgan fingerprint density at radius 1 is 1.36 bits per heavy atom. The first-order chi connectivity index (χ1) is 6.61. The number of nitrogens with one attached hydrogen (secondary N) is 2. The van der Waals surface area contributed by atoms with Crippen LogP contribution >= 0.6 is 12.2 Å². The average Bonchev–Trinajstić information content (AvgIpc) is 2.12. The Morgan fingerprint density at radius 3 is 2.43 bits per heavy atom. The topological polar surface area (TPSA) is 33.3 Å². The third-order valence-corrected chi connectivity index (χ3v) is 2.22. The van der Waals surface area contributed by atoms with E-state index in [1.807, 2.05) is 13.8 Å². The summed E-state index contributed by atoms with van der Waals surface area (Å²) < 4.78 is 5.39. The lowest BCUT2D eigenvalue weighted by Gasteiger charge is -2.23. The van der Waals surface area contributed by atoms with E-state index < -0.39 is 0 Å². The zero-order chi connectivity index (χ0) is 11.0. The number of ether oxygens (including phenoxy) is 1. The first-order valence-corrected chi connectivity index (χ1v) is 5.64. The van der Waals surface area contributed by atoms with Crippen LogP contribution in [0.25, 0.3) is 0 Å². The predicted octanol–water partition coefficient (Wildman–Crippen LogP) is 1.53. The largest absolute Gasteiger partial charge is 0.380 e. The summed E-state index contributed by atoms with van der Waals surface area (Å²) in [4.78, 5) is 0. The van der Waals surface area contributed by atoms with Crippen LogP contribution in [0.3, 0.4) is 0 Å². The third-order valence-electron chi connectivity index (χ3n) is 1.96. The van der Waals surface area contributed by atoms with Crippen molar-refractivity contribution in [2.45, 2.75) is 33.7 Å². The predicted molar refractivity (Wildman–Crippen MR) is 64.5 cm³/mol. The van der Waals surface area contributed by atoms with Gasteiger partial charge in [0, 0.05) is 13.2 Å². The Labute approximate surface area is 92.6 Å². The average molecular weight is 218 g/mol. The van der Waals surface area contributed by atoms with Gasteiger partial charge in [-0.2, -0.15) is 0 Å². The Balaban J connectivity index is 3.89. The van der Waals surface area contributed by atoms with Gasteiger partial charge in [-0.25, -0.2) is 0 Å². The molecule has 0 aliphatic rings. The highest BCUT2D eigenvalue weighted by Crippen LogP contribution is 2.01. The molecule has 0 heterocycles. The monoisotopic (exact) mass is 218 g/mol. The van der Waals surface area contributed by atoms with Crippen LogP contribution in [0, 0.1) is 5.92 Å². The van der Waals surface area contributed by atoms with Crippen molar-refractivity contribution in [1.82, 2.24) is 10.6 Å². The first kappa shape index (κ1) is 13.7. The van der Waals surface area contributed by atoms with E-state index in [0.29, 0.717) is 23.7 Å². The second kappa shape index (κ2) is 8.00. The molecule has 0 fully saturated rings. The van der Waals surface area contributed by atoms with E-state index in [9.17, 15) is 0 Å². The van der Waals surface area contributed by atoms with Crippen LogP contribution < -0.4 is 10.6 Å². The van der Waals surface area contributed by atoms with Crippen LogP contribution in [-0.4, -0.2) is 30.9 Å². The zero-order valence-electron chi connectivity index (χ0n) is 9.59. The molecule has 0 saturated carbocycles. The smallest absolute Gasteiger partial charge is 0.166 e. The maximum atomic E-state index is 5.39. The van der Waals surface area contributed by atoms with Gasteiger partial charge in [-0.05, 0) is 32.0 Å². The summed E-state index contributed by atoms with van der Waals surface area (Å²) in [5.41, 5.74) is 0. The molecule has 0 saturated heterocycles. The highest BCUT2D eigenvalue weighted by molar-refractivity contribution is 7.80. The molecule has 0 bridgehead atoms. The molecule has 2 N–H and O–H groups in total. The molecule has 0 aliphatic carbocycles. The van der Waals surface area contributed by atoms with Crippen molar-refractivity contribution >= 4 is 17.3 Å². The van der Waals surface area contributed by atoms with E-state index >= 15 is 0 Å². The van der Waals surface area contributed by atoms with Crippen molar-refractivity contribution < 1.29 is 4.74 Å². The van der Waals surface area contributed by atoms with Crippen LogP contribution in [0.4, 0.5) is 0 Å². The van der Waals surface area contributed by atoms with Crippen molar-refractivity contribution in [1.29, 1.82) is 0 Å². The molecule has 0 amide bonds. The molecule has 84 valence electrons. The van der Waals surface area contributed by atoms with Gasteiger partial charge in [0.25, 0.3) is 0 Å². The van der Waals surface area contributed by atoms with E-state index in [1.165, 1.54) is 0 Å². The van der Waals surface area contributed by atoms with E-state index in [1.54, 1.807) is 0 Å². The second-order valence-corrected chi connectivity index (χ2v) is 3.92. The number of hydrogen-bond acceptors (Lipinski definition) is 2. The Hall–Kier alpha value is -0.350. The Kier molecular flexibility index (Phi) is 7.80. The summed E-state index contributed by atoms with van der Waals surface area (Å²) in [6.45, 7) is 10.7. The van der Waals surface area contributed by atoms with Gasteiger partial charge in [0.05, 0.1) is 12.6 Å². The minimum Gasteiger partial charge on any atom is -0.380 e. The van der Waals surface area contributed by atoms with Gasteiger partial charge >= 0.3 is 0 Å². The molecule has 0 aromatic carbocycles. The minimum absolute atomic E-state index is 0.293. The molecule has 14 heavy (non-hydrogen) atoms. The number of thiocarbonyl (C=S) groups is 1. The standard InChI is InChI=1S/C10H22N2OS/c1-5-11-10(14)12-9(8(3)4)7-13-6-2/h8-9H,5-7H2,1-4H3,(H2,11,12,14). The van der Waals surface area contributed by atoms with Gasteiger partial charge in [-0.1, -0.05) is 13.8 Å².